The van der Waals surface area contributed by atoms with E-state index in [0.717, 1.165) is 70.7 Å². The van der Waals surface area contributed by atoms with Crippen LogP contribution in [-0.2, 0) is 14.4 Å². The van der Waals surface area contributed by atoms with Crippen LogP contribution in [-0.4, -0.2) is 42.6 Å². The maximum Gasteiger partial charge on any atom is 0.262 e. The van der Waals surface area contributed by atoms with Crippen molar-refractivity contribution < 1.29 is 23.9 Å². The summed E-state index contributed by atoms with van der Waals surface area (Å²) in [5, 5.41) is 2.92. The number of rotatable bonds is 8. The summed E-state index contributed by atoms with van der Waals surface area (Å²) < 4.78 is 12.4. The number of nitrogens with zero attached hydrogens (tertiary/aromatic N) is 1. The molecule has 0 unspecified atom stereocenters. The van der Waals surface area contributed by atoms with Crippen molar-refractivity contribution in [3.8, 4) is 11.5 Å². The number of nitrogens with one attached hydrogen (secondary N) is 1. The molecule has 1 amide bonds. The van der Waals surface area contributed by atoms with E-state index in [1.807, 2.05) is 44.2 Å². The van der Waals surface area contributed by atoms with Crippen LogP contribution in [0.1, 0.15) is 89.3 Å². The topological polar surface area (TPSA) is 84.9 Å². The van der Waals surface area contributed by atoms with Gasteiger partial charge in [0, 0.05) is 53.5 Å². The van der Waals surface area contributed by atoms with Crippen LogP contribution in [0, 0.1) is 24.7 Å². The average molecular weight is 678 g/mol. The molecule has 1 heterocycles. The summed E-state index contributed by atoms with van der Waals surface area (Å²) in [6.07, 6.45) is 3.30. The first kappa shape index (κ1) is 33.0. The van der Waals surface area contributed by atoms with Crippen LogP contribution in [0.2, 0.25) is 0 Å². The molecular formula is C37H45BrN2O5. The van der Waals surface area contributed by atoms with Crippen LogP contribution in [0.4, 0.5) is 5.69 Å². The first-order valence-electron chi connectivity index (χ1n) is 15.8. The number of hydrogen-bond acceptors (Lipinski definition) is 6. The van der Waals surface area contributed by atoms with Crippen LogP contribution >= 0.6 is 15.9 Å². The molecule has 1 N–H and O–H groups in total. The second kappa shape index (κ2) is 12.4. The molecule has 8 heteroatoms. The lowest BCUT2D eigenvalue weighted by Crippen LogP contribution is -2.44. The third-order valence-corrected chi connectivity index (χ3v) is 9.65. The van der Waals surface area contributed by atoms with Gasteiger partial charge in [-0.25, -0.2) is 0 Å². The molecule has 0 saturated heterocycles. The zero-order chi connectivity index (χ0) is 32.8. The predicted molar refractivity (Wildman–Crippen MR) is 181 cm³/mol. The standard InChI is InChI=1S/C37H45BrN2O5/c1-9-12-40-26-16-36(4,5)18-28(41)33(26)32(34-27(40)17-37(6,7)19-29(34)42)23-14-24(38)35(30(15-23)44-8)45-20-31(43)39-25-11-10-21(2)13-22(25)3/h10-11,13-15,32H,9,12,16-20H2,1-8H3,(H,39,43). The Morgan fingerprint density at radius 1 is 0.956 bits per heavy atom. The predicted octanol–water partition coefficient (Wildman–Crippen LogP) is 8.19. The van der Waals surface area contributed by atoms with Crippen LogP contribution in [0.5, 0.6) is 11.5 Å². The van der Waals surface area contributed by atoms with E-state index < -0.39 is 5.92 Å². The number of hydrogen-bond donors (Lipinski definition) is 1. The molecule has 240 valence electrons. The van der Waals surface area contributed by atoms with Gasteiger partial charge in [0.2, 0.25) is 0 Å². The SMILES string of the molecule is CCCN1C2=C(C(=O)CC(C)(C)C2)C(c2cc(Br)c(OCC(=O)Nc3ccc(C)cc3C)c(OC)c2)C2=C1CC(C)(C)CC2=O. The van der Waals surface area contributed by atoms with Gasteiger partial charge in [0.25, 0.3) is 5.91 Å². The van der Waals surface area contributed by atoms with Gasteiger partial charge in [-0.2, -0.15) is 0 Å². The highest BCUT2D eigenvalue weighted by Gasteiger charge is 2.49. The fourth-order valence-electron chi connectivity index (χ4n) is 7.20. The molecule has 2 aliphatic carbocycles. The number of ketones is 2. The second-order valence-electron chi connectivity index (χ2n) is 14.4. The number of ether oxygens (including phenoxy) is 2. The molecule has 2 aromatic carbocycles. The monoisotopic (exact) mass is 676 g/mol. The number of Topliss-reactive ketones (excluding diaryl/α,β-unsaturated/α-hetero) is 2. The summed E-state index contributed by atoms with van der Waals surface area (Å²) in [5.74, 6) is 0.202. The van der Waals surface area contributed by atoms with E-state index >= 15 is 0 Å². The Kier molecular flexibility index (Phi) is 9.11. The molecule has 0 fully saturated rings. The van der Waals surface area contributed by atoms with Crippen LogP contribution < -0.4 is 14.8 Å². The molecule has 0 radical (unpaired) electrons. The maximum atomic E-state index is 14.0. The van der Waals surface area contributed by atoms with Crippen molar-refractivity contribution in [3.05, 3.63) is 74.0 Å². The van der Waals surface area contributed by atoms with Gasteiger partial charge in [-0.3, -0.25) is 14.4 Å². The summed E-state index contributed by atoms with van der Waals surface area (Å²) in [6.45, 7) is 15.2. The highest BCUT2D eigenvalue weighted by molar-refractivity contribution is 9.10. The Balaban J connectivity index is 1.55. The summed E-state index contributed by atoms with van der Waals surface area (Å²) >= 11 is 3.67. The van der Waals surface area contributed by atoms with E-state index in [4.69, 9.17) is 9.47 Å². The van der Waals surface area contributed by atoms with Gasteiger partial charge in [0.15, 0.2) is 29.7 Å². The summed E-state index contributed by atoms with van der Waals surface area (Å²) in [5.41, 5.74) is 6.82. The lowest BCUT2D eigenvalue weighted by molar-refractivity contribution is -0.120. The Hall–Kier alpha value is -3.39. The third-order valence-electron chi connectivity index (χ3n) is 9.06. The smallest absolute Gasteiger partial charge is 0.262 e. The van der Waals surface area contributed by atoms with E-state index in [9.17, 15) is 14.4 Å². The summed E-state index contributed by atoms with van der Waals surface area (Å²) in [6, 6.07) is 9.62. The molecule has 3 aliphatic rings. The van der Waals surface area contributed by atoms with E-state index in [1.165, 1.54) is 0 Å². The number of allylic oxidation sites excluding steroid dienone is 4. The Morgan fingerprint density at radius 2 is 1.56 bits per heavy atom. The van der Waals surface area contributed by atoms with Gasteiger partial charge in [-0.05, 0) is 89.2 Å². The lowest BCUT2D eigenvalue weighted by Gasteiger charge is -2.49. The van der Waals surface area contributed by atoms with Gasteiger partial charge in [-0.1, -0.05) is 52.3 Å². The first-order chi connectivity index (χ1) is 21.1. The number of amides is 1. The molecule has 1 aliphatic heterocycles. The minimum atomic E-state index is -0.498. The van der Waals surface area contributed by atoms with Crippen molar-refractivity contribution in [1.82, 2.24) is 4.90 Å². The van der Waals surface area contributed by atoms with Gasteiger partial charge in [0.1, 0.15) is 0 Å². The molecule has 0 spiro atoms. The Labute approximate surface area is 275 Å². The van der Waals surface area contributed by atoms with Gasteiger partial charge in [0.05, 0.1) is 11.6 Å². The zero-order valence-corrected chi connectivity index (χ0v) is 29.4. The number of benzene rings is 2. The van der Waals surface area contributed by atoms with E-state index in [0.29, 0.717) is 28.8 Å². The first-order valence-corrected chi connectivity index (χ1v) is 16.6. The highest BCUT2D eigenvalue weighted by atomic mass is 79.9. The molecule has 7 nitrogen and oxygen atoms in total. The van der Waals surface area contributed by atoms with E-state index in [2.05, 4.69) is 60.8 Å². The van der Waals surface area contributed by atoms with Crippen molar-refractivity contribution >= 4 is 39.1 Å². The molecule has 0 bridgehead atoms. The highest BCUT2D eigenvalue weighted by Crippen LogP contribution is 2.55. The molecule has 2 aromatic rings. The second-order valence-corrected chi connectivity index (χ2v) is 15.2. The van der Waals surface area contributed by atoms with Crippen LogP contribution in [0.25, 0.3) is 0 Å². The van der Waals surface area contributed by atoms with Crippen molar-refractivity contribution in [1.29, 1.82) is 0 Å². The van der Waals surface area contributed by atoms with Crippen molar-refractivity contribution in [2.45, 2.75) is 86.5 Å². The minimum Gasteiger partial charge on any atom is -0.493 e. The fraction of sp³-hybridized carbons (Fsp3) is 0.486. The lowest BCUT2D eigenvalue weighted by atomic mass is 9.63. The number of halogens is 1. The van der Waals surface area contributed by atoms with E-state index in [1.54, 1.807) is 7.11 Å². The molecule has 45 heavy (non-hydrogen) atoms. The molecule has 5 rings (SSSR count). The molecule has 0 saturated carbocycles. The Bertz CT molecular complexity index is 1580. The van der Waals surface area contributed by atoms with Crippen molar-refractivity contribution in [3.63, 3.8) is 0 Å². The zero-order valence-electron chi connectivity index (χ0n) is 27.8. The summed E-state index contributed by atoms with van der Waals surface area (Å²) in [7, 11) is 1.55. The number of aryl methyl sites for hydroxylation is 2. The summed E-state index contributed by atoms with van der Waals surface area (Å²) in [4.78, 5) is 43.2. The van der Waals surface area contributed by atoms with Gasteiger partial charge >= 0.3 is 0 Å². The van der Waals surface area contributed by atoms with Crippen LogP contribution in [0.3, 0.4) is 0 Å². The van der Waals surface area contributed by atoms with Gasteiger partial charge in [-0.15, -0.1) is 0 Å². The molecule has 0 atom stereocenters. The fourth-order valence-corrected chi connectivity index (χ4v) is 7.77. The number of anilines is 1. The third kappa shape index (κ3) is 6.62. The van der Waals surface area contributed by atoms with Crippen LogP contribution in [0.15, 0.2) is 57.3 Å². The van der Waals surface area contributed by atoms with Crippen molar-refractivity contribution in [2.75, 3.05) is 25.6 Å². The maximum absolute atomic E-state index is 14.0. The average Bonchev–Trinajstić information content (AvgIpc) is 2.93. The minimum absolute atomic E-state index is 0.0926. The quantitative estimate of drug-likeness (QED) is 0.304. The number of methoxy groups -OCH3 is 1. The number of carbonyl (C=O) groups excluding carboxylic acids is 3. The Morgan fingerprint density at radius 3 is 2.09 bits per heavy atom. The molecule has 0 aromatic heterocycles. The number of carbonyl (C=O) groups is 3. The van der Waals surface area contributed by atoms with Crippen molar-refractivity contribution in [2.24, 2.45) is 10.8 Å². The van der Waals surface area contributed by atoms with E-state index in [-0.39, 0.29) is 34.9 Å². The van der Waals surface area contributed by atoms with Gasteiger partial charge < -0.3 is 19.7 Å². The molecular weight excluding hydrogens is 632 g/mol. The largest absolute Gasteiger partial charge is 0.493 e. The normalized spacial score (nSPS) is 19.4.